The summed E-state index contributed by atoms with van der Waals surface area (Å²) >= 11 is 0. The fraction of sp³-hybridized carbons (Fsp3) is 0.538. The SMILES string of the molecule is CC(C)N(C)CCNCc1ccc(O)cc1O. The van der Waals surface area contributed by atoms with Crippen LogP contribution in [0.15, 0.2) is 18.2 Å². The van der Waals surface area contributed by atoms with Gasteiger partial charge in [-0.25, -0.2) is 0 Å². The van der Waals surface area contributed by atoms with E-state index < -0.39 is 0 Å². The molecule has 0 aromatic heterocycles. The van der Waals surface area contributed by atoms with Gasteiger partial charge in [0.05, 0.1) is 0 Å². The number of benzene rings is 1. The third-order valence-corrected chi connectivity index (χ3v) is 2.91. The minimum absolute atomic E-state index is 0.0887. The number of phenols is 2. The normalized spacial score (nSPS) is 11.4. The fourth-order valence-corrected chi connectivity index (χ4v) is 1.44. The van der Waals surface area contributed by atoms with Crippen molar-refractivity contribution >= 4 is 0 Å². The zero-order valence-electron chi connectivity index (χ0n) is 10.8. The average Bonchev–Trinajstić information content (AvgIpc) is 2.26. The standard InChI is InChI=1S/C13H22N2O2/c1-10(2)15(3)7-6-14-9-11-4-5-12(16)8-13(11)17/h4-5,8,10,14,16-17H,6-7,9H2,1-3H3. The van der Waals surface area contributed by atoms with Crippen molar-refractivity contribution in [3.63, 3.8) is 0 Å². The van der Waals surface area contributed by atoms with Crippen LogP contribution in [0.3, 0.4) is 0 Å². The highest BCUT2D eigenvalue weighted by molar-refractivity contribution is 5.38. The lowest BCUT2D eigenvalue weighted by Crippen LogP contribution is -2.33. The third-order valence-electron chi connectivity index (χ3n) is 2.91. The summed E-state index contributed by atoms with van der Waals surface area (Å²) < 4.78 is 0. The molecule has 1 rings (SSSR count). The maximum atomic E-state index is 9.58. The first-order valence-electron chi connectivity index (χ1n) is 5.92. The van der Waals surface area contributed by atoms with Gasteiger partial charge in [-0.05, 0) is 27.0 Å². The van der Waals surface area contributed by atoms with Crippen LogP contribution in [0.2, 0.25) is 0 Å². The average molecular weight is 238 g/mol. The molecule has 3 N–H and O–H groups in total. The molecule has 0 aliphatic heterocycles. The van der Waals surface area contributed by atoms with Crippen LogP contribution in [0.25, 0.3) is 0 Å². The first-order valence-corrected chi connectivity index (χ1v) is 5.92. The summed E-state index contributed by atoms with van der Waals surface area (Å²) in [4.78, 5) is 2.25. The molecule has 0 radical (unpaired) electrons. The van der Waals surface area contributed by atoms with E-state index in [9.17, 15) is 5.11 Å². The van der Waals surface area contributed by atoms with Crippen LogP contribution in [0.1, 0.15) is 19.4 Å². The summed E-state index contributed by atoms with van der Waals surface area (Å²) in [5.74, 6) is 0.223. The van der Waals surface area contributed by atoms with Crippen LogP contribution < -0.4 is 5.32 Å². The molecule has 0 bridgehead atoms. The van der Waals surface area contributed by atoms with E-state index in [0.717, 1.165) is 18.7 Å². The van der Waals surface area contributed by atoms with Crippen LogP contribution >= 0.6 is 0 Å². The van der Waals surface area contributed by atoms with Gasteiger partial charge >= 0.3 is 0 Å². The second kappa shape index (κ2) is 6.47. The molecule has 17 heavy (non-hydrogen) atoms. The summed E-state index contributed by atoms with van der Waals surface area (Å²) in [7, 11) is 2.09. The third kappa shape index (κ3) is 4.63. The predicted molar refractivity (Wildman–Crippen MR) is 69.2 cm³/mol. The molecule has 0 atom stereocenters. The van der Waals surface area contributed by atoms with Gasteiger partial charge in [0.2, 0.25) is 0 Å². The van der Waals surface area contributed by atoms with Crippen LogP contribution in [0.5, 0.6) is 11.5 Å². The monoisotopic (exact) mass is 238 g/mol. The van der Waals surface area contributed by atoms with Gasteiger partial charge < -0.3 is 20.4 Å². The Labute approximate surface area is 103 Å². The minimum atomic E-state index is 0.0887. The number of hydrogen-bond acceptors (Lipinski definition) is 4. The fourth-order valence-electron chi connectivity index (χ4n) is 1.44. The largest absolute Gasteiger partial charge is 0.508 e. The molecule has 1 aromatic rings. The smallest absolute Gasteiger partial charge is 0.123 e. The van der Waals surface area contributed by atoms with Gasteiger partial charge in [-0.1, -0.05) is 6.07 Å². The van der Waals surface area contributed by atoms with Crippen LogP contribution in [0, 0.1) is 0 Å². The van der Waals surface area contributed by atoms with Gasteiger partial charge in [0.25, 0.3) is 0 Å². The number of aromatic hydroxyl groups is 2. The predicted octanol–water partition coefficient (Wildman–Crippen LogP) is 1.53. The summed E-state index contributed by atoms with van der Waals surface area (Å²) in [6.07, 6.45) is 0. The van der Waals surface area contributed by atoms with Crippen molar-refractivity contribution in [3.8, 4) is 11.5 Å². The van der Waals surface area contributed by atoms with Gasteiger partial charge in [-0.3, -0.25) is 0 Å². The molecule has 0 spiro atoms. The summed E-state index contributed by atoms with van der Waals surface area (Å²) in [6.45, 7) is 6.77. The van der Waals surface area contributed by atoms with Gasteiger partial charge in [0, 0.05) is 37.3 Å². The Morgan fingerprint density at radius 2 is 2.00 bits per heavy atom. The van der Waals surface area contributed by atoms with Gasteiger partial charge in [-0.2, -0.15) is 0 Å². The maximum absolute atomic E-state index is 9.58. The van der Waals surface area contributed by atoms with E-state index in [2.05, 4.69) is 31.1 Å². The van der Waals surface area contributed by atoms with Crippen molar-refractivity contribution in [1.29, 1.82) is 0 Å². The number of rotatable bonds is 6. The van der Waals surface area contributed by atoms with Crippen LogP contribution in [0.4, 0.5) is 0 Å². The first kappa shape index (κ1) is 13.8. The first-order chi connectivity index (χ1) is 8.00. The Kier molecular flexibility index (Phi) is 5.25. The second-order valence-corrected chi connectivity index (χ2v) is 4.56. The van der Waals surface area contributed by atoms with Gasteiger partial charge in [0.15, 0.2) is 0 Å². The van der Waals surface area contributed by atoms with E-state index >= 15 is 0 Å². The van der Waals surface area contributed by atoms with Crippen molar-refractivity contribution in [2.75, 3.05) is 20.1 Å². The molecule has 4 heteroatoms. The topological polar surface area (TPSA) is 55.7 Å². The van der Waals surface area contributed by atoms with Crippen LogP contribution in [-0.2, 0) is 6.54 Å². The quantitative estimate of drug-likeness (QED) is 0.658. The van der Waals surface area contributed by atoms with E-state index in [4.69, 9.17) is 5.11 Å². The Balaban J connectivity index is 2.31. The molecule has 1 aromatic carbocycles. The van der Waals surface area contributed by atoms with Crippen molar-refractivity contribution in [2.45, 2.75) is 26.4 Å². The van der Waals surface area contributed by atoms with E-state index in [1.165, 1.54) is 6.07 Å². The van der Waals surface area contributed by atoms with E-state index in [1.807, 2.05) is 0 Å². The molecular formula is C13H22N2O2. The van der Waals surface area contributed by atoms with Crippen molar-refractivity contribution in [1.82, 2.24) is 10.2 Å². The van der Waals surface area contributed by atoms with Crippen molar-refractivity contribution < 1.29 is 10.2 Å². The number of nitrogens with zero attached hydrogens (tertiary/aromatic N) is 1. The lowest BCUT2D eigenvalue weighted by Gasteiger charge is -2.21. The number of likely N-dealkylation sites (N-methyl/N-ethyl adjacent to an activating group) is 1. The summed E-state index contributed by atoms with van der Waals surface area (Å²) in [6, 6.07) is 5.21. The Bertz CT molecular complexity index is 353. The number of nitrogens with one attached hydrogen (secondary N) is 1. The summed E-state index contributed by atoms with van der Waals surface area (Å²) in [5.41, 5.74) is 0.801. The van der Waals surface area contributed by atoms with E-state index in [1.54, 1.807) is 12.1 Å². The highest BCUT2D eigenvalue weighted by Gasteiger charge is 2.04. The minimum Gasteiger partial charge on any atom is -0.508 e. The molecule has 0 saturated heterocycles. The summed E-state index contributed by atoms with van der Waals surface area (Å²) in [5, 5.41) is 22.0. The molecule has 96 valence electrons. The Hall–Kier alpha value is -1.26. The molecule has 4 nitrogen and oxygen atoms in total. The van der Waals surface area contributed by atoms with Crippen LogP contribution in [-0.4, -0.2) is 41.3 Å². The lowest BCUT2D eigenvalue weighted by atomic mass is 10.2. The highest BCUT2D eigenvalue weighted by Crippen LogP contribution is 2.21. The molecule has 0 heterocycles. The second-order valence-electron chi connectivity index (χ2n) is 4.56. The molecule has 0 saturated carbocycles. The van der Waals surface area contributed by atoms with Crippen molar-refractivity contribution in [3.05, 3.63) is 23.8 Å². The molecular weight excluding hydrogens is 216 g/mol. The molecule has 0 unspecified atom stereocenters. The maximum Gasteiger partial charge on any atom is 0.123 e. The Morgan fingerprint density at radius 1 is 1.29 bits per heavy atom. The van der Waals surface area contributed by atoms with E-state index in [-0.39, 0.29) is 11.5 Å². The molecule has 0 amide bonds. The van der Waals surface area contributed by atoms with Gasteiger partial charge in [-0.15, -0.1) is 0 Å². The lowest BCUT2D eigenvalue weighted by molar-refractivity contribution is 0.273. The zero-order chi connectivity index (χ0) is 12.8. The highest BCUT2D eigenvalue weighted by atomic mass is 16.3. The zero-order valence-corrected chi connectivity index (χ0v) is 10.8. The Morgan fingerprint density at radius 3 is 2.59 bits per heavy atom. The van der Waals surface area contributed by atoms with Gasteiger partial charge in [0.1, 0.15) is 11.5 Å². The van der Waals surface area contributed by atoms with Crippen molar-refractivity contribution in [2.24, 2.45) is 0 Å². The number of phenolic OH excluding ortho intramolecular Hbond substituents is 2. The molecule has 0 fully saturated rings. The number of hydrogen-bond donors (Lipinski definition) is 3. The van der Waals surface area contributed by atoms with E-state index in [0.29, 0.717) is 12.6 Å². The molecule has 0 aliphatic carbocycles. The molecule has 0 aliphatic rings.